The van der Waals surface area contributed by atoms with E-state index in [2.05, 4.69) is 15.4 Å². The predicted octanol–water partition coefficient (Wildman–Crippen LogP) is 4.31. The zero-order chi connectivity index (χ0) is 22.6. The highest BCUT2D eigenvalue weighted by Gasteiger charge is 2.16. The van der Waals surface area contributed by atoms with Crippen LogP contribution in [0.2, 0.25) is 0 Å². The number of hydrogen-bond acceptors (Lipinski definition) is 4. The fourth-order valence-corrected chi connectivity index (χ4v) is 3.94. The lowest BCUT2D eigenvalue weighted by Gasteiger charge is -2.11. The highest BCUT2D eigenvalue weighted by Crippen LogP contribution is 2.20. The fraction of sp³-hybridized carbons (Fsp3) is 0.130. The van der Waals surface area contributed by atoms with Crippen LogP contribution in [0.5, 0.6) is 0 Å². The molecular formula is C23H23N3O4S. The molecule has 0 radical (unpaired) electrons. The van der Waals surface area contributed by atoms with Crippen molar-refractivity contribution in [2.45, 2.75) is 25.7 Å². The van der Waals surface area contributed by atoms with E-state index in [0.29, 0.717) is 22.6 Å². The summed E-state index contributed by atoms with van der Waals surface area (Å²) < 4.78 is 27.8. The van der Waals surface area contributed by atoms with Crippen molar-refractivity contribution in [1.29, 1.82) is 0 Å². The summed E-state index contributed by atoms with van der Waals surface area (Å²) in [5, 5.41) is 5.37. The van der Waals surface area contributed by atoms with Crippen LogP contribution in [0.1, 0.15) is 28.4 Å². The lowest BCUT2D eigenvalue weighted by Crippen LogP contribution is -2.15. The molecule has 0 unspecified atom stereocenters. The Kier molecular flexibility index (Phi) is 6.41. The second kappa shape index (κ2) is 9.01. The first-order valence-electron chi connectivity index (χ1n) is 9.53. The number of carbonyl (C=O) groups is 2. The lowest BCUT2D eigenvalue weighted by atomic mass is 10.1. The van der Waals surface area contributed by atoms with Gasteiger partial charge in [-0.25, -0.2) is 8.42 Å². The summed E-state index contributed by atoms with van der Waals surface area (Å²) in [6, 6.07) is 17.7. The van der Waals surface area contributed by atoms with E-state index < -0.39 is 15.9 Å². The number of hydrogen-bond donors (Lipinski definition) is 3. The van der Waals surface area contributed by atoms with E-state index in [0.717, 1.165) is 11.1 Å². The molecule has 8 heteroatoms. The van der Waals surface area contributed by atoms with E-state index >= 15 is 0 Å². The molecule has 0 aliphatic carbocycles. The van der Waals surface area contributed by atoms with Gasteiger partial charge < -0.3 is 10.6 Å². The lowest BCUT2D eigenvalue weighted by molar-refractivity contribution is -0.114. The summed E-state index contributed by atoms with van der Waals surface area (Å²) in [5.41, 5.74) is 3.89. The van der Waals surface area contributed by atoms with Gasteiger partial charge in [0.1, 0.15) is 0 Å². The molecule has 3 aromatic carbocycles. The van der Waals surface area contributed by atoms with Crippen LogP contribution in [-0.4, -0.2) is 20.2 Å². The summed E-state index contributed by atoms with van der Waals surface area (Å²) in [4.78, 5) is 23.7. The van der Waals surface area contributed by atoms with Crippen LogP contribution in [0.25, 0.3) is 0 Å². The third-order valence-electron chi connectivity index (χ3n) is 4.63. The minimum atomic E-state index is -3.78. The largest absolute Gasteiger partial charge is 0.326 e. The average Bonchev–Trinajstić information content (AvgIpc) is 2.70. The van der Waals surface area contributed by atoms with Crippen molar-refractivity contribution in [3.63, 3.8) is 0 Å². The second-order valence-corrected chi connectivity index (χ2v) is 8.83. The van der Waals surface area contributed by atoms with Crippen LogP contribution in [0.15, 0.2) is 71.6 Å². The summed E-state index contributed by atoms with van der Waals surface area (Å²) in [5.74, 6) is -0.610. The molecule has 31 heavy (non-hydrogen) atoms. The molecule has 0 heterocycles. The van der Waals surface area contributed by atoms with Crippen LogP contribution >= 0.6 is 0 Å². The van der Waals surface area contributed by atoms with Crippen molar-refractivity contribution in [3.05, 3.63) is 83.4 Å². The average molecular weight is 438 g/mol. The number of amides is 2. The van der Waals surface area contributed by atoms with Gasteiger partial charge in [-0.3, -0.25) is 14.3 Å². The molecule has 0 bridgehead atoms. The van der Waals surface area contributed by atoms with Gasteiger partial charge in [-0.2, -0.15) is 0 Å². The normalized spacial score (nSPS) is 10.9. The van der Waals surface area contributed by atoms with Crippen LogP contribution < -0.4 is 15.4 Å². The first kappa shape index (κ1) is 22.0. The molecule has 3 rings (SSSR count). The van der Waals surface area contributed by atoms with Gasteiger partial charge >= 0.3 is 0 Å². The minimum Gasteiger partial charge on any atom is -0.326 e. The molecule has 160 valence electrons. The quantitative estimate of drug-likeness (QED) is 0.534. The highest BCUT2D eigenvalue weighted by atomic mass is 32.2. The molecule has 2 amide bonds. The van der Waals surface area contributed by atoms with E-state index in [-0.39, 0.29) is 10.8 Å². The SMILES string of the molecule is CC(=O)Nc1cccc(NC(=O)c2ccc(S(=O)(=O)Nc3ccc(C)c(C)c3)cc2)c1. The molecule has 0 saturated carbocycles. The predicted molar refractivity (Wildman–Crippen MR) is 122 cm³/mol. The van der Waals surface area contributed by atoms with E-state index in [1.807, 2.05) is 19.9 Å². The summed E-state index contributed by atoms with van der Waals surface area (Å²) in [7, 11) is -3.78. The maximum Gasteiger partial charge on any atom is 0.261 e. The topological polar surface area (TPSA) is 104 Å². The molecule has 7 nitrogen and oxygen atoms in total. The van der Waals surface area contributed by atoms with Crippen molar-refractivity contribution in [2.24, 2.45) is 0 Å². The van der Waals surface area contributed by atoms with Crippen LogP contribution in [0, 0.1) is 13.8 Å². The Morgan fingerprint density at radius 2 is 1.39 bits per heavy atom. The van der Waals surface area contributed by atoms with Gasteiger partial charge in [0, 0.05) is 29.5 Å². The smallest absolute Gasteiger partial charge is 0.261 e. The Hall–Kier alpha value is -3.65. The van der Waals surface area contributed by atoms with E-state index in [1.54, 1.807) is 36.4 Å². The fourth-order valence-electron chi connectivity index (χ4n) is 2.89. The van der Waals surface area contributed by atoms with Gasteiger partial charge in [0.05, 0.1) is 4.90 Å². The maximum atomic E-state index is 12.6. The number of carbonyl (C=O) groups excluding carboxylic acids is 2. The molecule has 0 spiro atoms. The molecule has 0 fully saturated rings. The van der Waals surface area contributed by atoms with Gasteiger partial charge in [-0.15, -0.1) is 0 Å². The van der Waals surface area contributed by atoms with Gasteiger partial charge in [-0.1, -0.05) is 12.1 Å². The highest BCUT2D eigenvalue weighted by molar-refractivity contribution is 7.92. The molecule has 0 saturated heterocycles. The van der Waals surface area contributed by atoms with Gasteiger partial charge in [0.15, 0.2) is 0 Å². The minimum absolute atomic E-state index is 0.0509. The second-order valence-electron chi connectivity index (χ2n) is 7.15. The summed E-state index contributed by atoms with van der Waals surface area (Å²) in [6.07, 6.45) is 0. The van der Waals surface area contributed by atoms with Crippen molar-refractivity contribution in [3.8, 4) is 0 Å². The Labute approximate surface area is 181 Å². The molecular weight excluding hydrogens is 414 g/mol. The Morgan fingerprint density at radius 3 is 2.00 bits per heavy atom. The van der Waals surface area contributed by atoms with E-state index in [9.17, 15) is 18.0 Å². The maximum absolute atomic E-state index is 12.6. The molecule has 0 aliphatic rings. The van der Waals surface area contributed by atoms with Gasteiger partial charge in [0.2, 0.25) is 5.91 Å². The Bertz CT molecular complexity index is 1240. The van der Waals surface area contributed by atoms with Crippen molar-refractivity contribution >= 4 is 38.9 Å². The van der Waals surface area contributed by atoms with Crippen molar-refractivity contribution in [1.82, 2.24) is 0 Å². The van der Waals surface area contributed by atoms with Gasteiger partial charge in [-0.05, 0) is 79.6 Å². The third-order valence-corrected chi connectivity index (χ3v) is 6.02. The Morgan fingerprint density at radius 1 is 0.742 bits per heavy atom. The number of nitrogens with one attached hydrogen (secondary N) is 3. The van der Waals surface area contributed by atoms with E-state index in [1.165, 1.54) is 31.2 Å². The van der Waals surface area contributed by atoms with Crippen molar-refractivity contribution < 1.29 is 18.0 Å². The summed E-state index contributed by atoms with van der Waals surface area (Å²) >= 11 is 0. The third kappa shape index (κ3) is 5.70. The van der Waals surface area contributed by atoms with Crippen LogP contribution in [0.3, 0.4) is 0 Å². The number of rotatable bonds is 6. The zero-order valence-corrected chi connectivity index (χ0v) is 18.2. The Balaban J connectivity index is 1.72. The monoisotopic (exact) mass is 437 g/mol. The van der Waals surface area contributed by atoms with Crippen LogP contribution in [0.4, 0.5) is 17.1 Å². The van der Waals surface area contributed by atoms with Crippen molar-refractivity contribution in [2.75, 3.05) is 15.4 Å². The standard InChI is InChI=1S/C23H23N3O4S/c1-15-7-10-21(13-16(15)2)26-31(29,30)22-11-8-18(9-12-22)23(28)25-20-6-4-5-19(14-20)24-17(3)27/h4-14,26H,1-3H3,(H,24,27)(H,25,28). The first-order valence-corrected chi connectivity index (χ1v) is 11.0. The number of aryl methyl sites for hydroxylation is 2. The zero-order valence-electron chi connectivity index (χ0n) is 17.4. The molecule has 0 aliphatic heterocycles. The molecule has 3 N–H and O–H groups in total. The summed E-state index contributed by atoms with van der Waals surface area (Å²) in [6.45, 7) is 5.26. The molecule has 0 aromatic heterocycles. The van der Waals surface area contributed by atoms with E-state index in [4.69, 9.17) is 0 Å². The number of anilines is 3. The number of sulfonamides is 1. The van der Waals surface area contributed by atoms with Crippen LogP contribution in [-0.2, 0) is 14.8 Å². The molecule has 0 atom stereocenters. The first-order chi connectivity index (χ1) is 14.6. The van der Waals surface area contributed by atoms with Gasteiger partial charge in [0.25, 0.3) is 15.9 Å². The molecule has 3 aromatic rings. The number of benzene rings is 3.